The molecular weight excluding hydrogens is 207 g/mol. The van der Waals surface area contributed by atoms with Crippen LogP contribution in [-0.2, 0) is 0 Å². The summed E-state index contributed by atoms with van der Waals surface area (Å²) in [4.78, 5) is 0. The Balaban J connectivity index is 2.07. The third kappa shape index (κ3) is 1.78. The summed E-state index contributed by atoms with van der Waals surface area (Å²) in [6.07, 6.45) is 0.935. The molecule has 3 rings (SSSR count). The van der Waals surface area contributed by atoms with Crippen LogP contribution >= 0.6 is 0 Å². The normalized spacial score (nSPS) is 13.1. The number of hydrogen-bond donors (Lipinski definition) is 2. The van der Waals surface area contributed by atoms with Crippen LogP contribution < -0.4 is 10.5 Å². The summed E-state index contributed by atoms with van der Waals surface area (Å²) in [6, 6.07) is 12.8. The van der Waals surface area contributed by atoms with Crippen LogP contribution in [0.15, 0.2) is 48.6 Å². The van der Waals surface area contributed by atoms with Gasteiger partial charge < -0.3 is 10.5 Å². The van der Waals surface area contributed by atoms with Crippen molar-refractivity contribution in [1.82, 2.24) is 0 Å². The van der Waals surface area contributed by atoms with Gasteiger partial charge in [0.1, 0.15) is 0 Å². The molecule has 1 aliphatic heterocycles. The Hall–Kier alpha value is -1.90. The molecule has 0 amide bonds. The van der Waals surface area contributed by atoms with Gasteiger partial charge in [-0.1, -0.05) is 29.8 Å². The summed E-state index contributed by atoms with van der Waals surface area (Å²) in [7, 11) is 0. The summed E-state index contributed by atoms with van der Waals surface area (Å²) < 4.78 is 0. The molecule has 0 fully saturated rings. The summed E-state index contributed by atoms with van der Waals surface area (Å²) in [5.41, 5.74) is 3.60. The molecule has 1 aliphatic rings. The van der Waals surface area contributed by atoms with Crippen molar-refractivity contribution in [1.29, 1.82) is 0 Å². The van der Waals surface area contributed by atoms with E-state index in [0.29, 0.717) is 0 Å². The first kappa shape index (κ1) is 10.3. The Labute approximate surface area is 102 Å². The average Bonchev–Trinajstić information content (AvgIpc) is 2.28. The fourth-order valence-electron chi connectivity index (χ4n) is 2.44. The molecule has 2 aromatic rings. The van der Waals surface area contributed by atoms with Crippen LogP contribution in [0.4, 0.5) is 11.4 Å². The van der Waals surface area contributed by atoms with E-state index in [9.17, 15) is 0 Å². The lowest BCUT2D eigenvalue weighted by atomic mass is 9.68. The zero-order valence-electron chi connectivity index (χ0n) is 9.96. The highest BCUT2D eigenvalue weighted by molar-refractivity contribution is 6.68. The monoisotopic (exact) mass is 222 g/mol. The maximum atomic E-state index is 3.97. The number of benzene rings is 2. The van der Waals surface area contributed by atoms with Crippen molar-refractivity contribution in [2.45, 2.75) is 13.2 Å². The van der Waals surface area contributed by atoms with E-state index in [-0.39, 0.29) is 6.98 Å². The molecule has 0 atom stereocenters. The number of hydrogen-bond acceptors (Lipinski definition) is 2. The Morgan fingerprint density at radius 1 is 1.12 bits per heavy atom. The van der Waals surface area contributed by atoms with Crippen LogP contribution in [0.1, 0.15) is 6.92 Å². The number of nitrogens with one attached hydrogen (secondary N) is 2. The van der Waals surface area contributed by atoms with E-state index in [1.165, 1.54) is 27.7 Å². The van der Waals surface area contributed by atoms with Crippen LogP contribution in [0, 0.1) is 0 Å². The molecule has 2 N–H and O–H groups in total. The van der Waals surface area contributed by atoms with Gasteiger partial charge in [0.05, 0.1) is 0 Å². The second-order valence-electron chi connectivity index (χ2n) is 4.71. The number of anilines is 2. The fourth-order valence-corrected chi connectivity index (χ4v) is 2.44. The van der Waals surface area contributed by atoms with Crippen molar-refractivity contribution in [3.8, 4) is 0 Å². The quantitative estimate of drug-likeness (QED) is 0.597. The van der Waals surface area contributed by atoms with Gasteiger partial charge in [0.15, 0.2) is 0 Å². The van der Waals surface area contributed by atoms with Gasteiger partial charge in [0.25, 0.3) is 0 Å². The highest BCUT2D eigenvalue weighted by Gasteiger charge is 2.22. The van der Waals surface area contributed by atoms with E-state index in [2.05, 4.69) is 60.4 Å². The van der Waals surface area contributed by atoms with E-state index >= 15 is 0 Å². The highest BCUT2D eigenvalue weighted by atomic mass is 15.0. The molecule has 17 heavy (non-hydrogen) atoms. The topological polar surface area (TPSA) is 24.1 Å². The van der Waals surface area contributed by atoms with Gasteiger partial charge in [-0.25, -0.2) is 0 Å². The van der Waals surface area contributed by atoms with Crippen LogP contribution in [0.5, 0.6) is 0 Å². The molecule has 1 heterocycles. The number of allylic oxidation sites excluding steroid dienone is 1. The third-order valence-corrected chi connectivity index (χ3v) is 3.12. The smallest absolute Gasteiger partial charge is 0.374 e. The van der Waals surface area contributed by atoms with Gasteiger partial charge in [-0.3, -0.25) is 0 Å². The molecule has 3 heteroatoms. The van der Waals surface area contributed by atoms with Crippen molar-refractivity contribution in [3.63, 3.8) is 0 Å². The van der Waals surface area contributed by atoms with E-state index in [1.54, 1.807) is 0 Å². The third-order valence-electron chi connectivity index (χ3n) is 3.12. The van der Waals surface area contributed by atoms with Crippen molar-refractivity contribution in [3.05, 3.63) is 48.6 Å². The zero-order valence-corrected chi connectivity index (χ0v) is 9.96. The van der Waals surface area contributed by atoms with Crippen molar-refractivity contribution in [2.75, 3.05) is 10.5 Å². The molecule has 2 nitrogen and oxygen atoms in total. The van der Waals surface area contributed by atoms with Gasteiger partial charge in [-0.2, -0.15) is 0 Å². The SMILES string of the molecule is C=C(C)CB1Nc2cccc3cccc(c23)N1. The van der Waals surface area contributed by atoms with Crippen LogP contribution in [0.3, 0.4) is 0 Å². The van der Waals surface area contributed by atoms with Gasteiger partial charge in [-0.15, -0.1) is 6.58 Å². The first-order valence-electron chi connectivity index (χ1n) is 5.93. The van der Waals surface area contributed by atoms with Crippen LogP contribution in [-0.4, -0.2) is 6.98 Å². The highest BCUT2D eigenvalue weighted by Crippen LogP contribution is 2.34. The van der Waals surface area contributed by atoms with Gasteiger partial charge in [0.2, 0.25) is 0 Å². The minimum absolute atomic E-state index is 0.244. The Kier molecular flexibility index (Phi) is 2.32. The zero-order chi connectivity index (χ0) is 11.8. The van der Waals surface area contributed by atoms with Crippen molar-refractivity contribution in [2.24, 2.45) is 0 Å². The summed E-state index contributed by atoms with van der Waals surface area (Å²) in [6.45, 7) is 6.28. The second kappa shape index (κ2) is 3.84. The molecule has 0 spiro atoms. The van der Waals surface area contributed by atoms with Gasteiger partial charge >= 0.3 is 6.98 Å². The molecule has 0 radical (unpaired) electrons. The molecule has 0 bridgehead atoms. The first-order chi connectivity index (χ1) is 8.24. The van der Waals surface area contributed by atoms with Crippen LogP contribution in [0.2, 0.25) is 6.32 Å². The van der Waals surface area contributed by atoms with E-state index < -0.39 is 0 Å². The second-order valence-corrected chi connectivity index (χ2v) is 4.71. The van der Waals surface area contributed by atoms with E-state index in [1.807, 2.05) is 0 Å². The average molecular weight is 222 g/mol. The maximum absolute atomic E-state index is 3.97. The van der Waals surface area contributed by atoms with Gasteiger partial charge in [0, 0.05) is 16.8 Å². The van der Waals surface area contributed by atoms with Crippen LogP contribution in [0.25, 0.3) is 10.8 Å². The molecule has 2 aromatic carbocycles. The summed E-state index contributed by atoms with van der Waals surface area (Å²) >= 11 is 0. The minimum atomic E-state index is 0.244. The predicted octanol–water partition coefficient (Wildman–Crippen LogP) is 3.74. The lowest BCUT2D eigenvalue weighted by Crippen LogP contribution is -2.37. The van der Waals surface area contributed by atoms with E-state index in [0.717, 1.165) is 6.32 Å². The maximum Gasteiger partial charge on any atom is 0.374 e. The molecule has 84 valence electrons. The molecule has 0 aromatic heterocycles. The van der Waals surface area contributed by atoms with Gasteiger partial charge in [-0.05, 0) is 30.8 Å². The summed E-state index contributed by atoms with van der Waals surface area (Å²) in [5, 5.41) is 9.60. The molecule has 0 aliphatic carbocycles. The van der Waals surface area contributed by atoms with E-state index in [4.69, 9.17) is 0 Å². The van der Waals surface area contributed by atoms with Crippen molar-refractivity contribution < 1.29 is 0 Å². The molecule has 0 unspecified atom stereocenters. The number of rotatable bonds is 2. The Morgan fingerprint density at radius 2 is 1.71 bits per heavy atom. The molecule has 0 saturated heterocycles. The standard InChI is InChI=1S/C14H15BN2/c1-10(2)9-15-16-12-7-3-5-11-6-4-8-13(17-15)14(11)12/h3-8,16-17H,1,9H2,2H3. The van der Waals surface area contributed by atoms with Crippen molar-refractivity contribution >= 4 is 29.1 Å². The first-order valence-corrected chi connectivity index (χ1v) is 5.93. The molecule has 0 saturated carbocycles. The fraction of sp³-hybridized carbons (Fsp3) is 0.143. The Morgan fingerprint density at radius 3 is 2.24 bits per heavy atom. The minimum Gasteiger partial charge on any atom is -0.409 e. The lowest BCUT2D eigenvalue weighted by Gasteiger charge is -2.26. The predicted molar refractivity (Wildman–Crippen MR) is 76.6 cm³/mol. The lowest BCUT2D eigenvalue weighted by molar-refractivity contribution is 1.36. The largest absolute Gasteiger partial charge is 0.409 e. The summed E-state index contributed by atoms with van der Waals surface area (Å²) in [5.74, 6) is 0. The Bertz CT molecular complexity index is 551. The molecular formula is C14H15BN2.